The smallest absolute Gasteiger partial charge is 0.307 e. The number of hydrogen-bond donors (Lipinski definition) is 2. The number of amides is 2. The van der Waals surface area contributed by atoms with Gasteiger partial charge in [-0.15, -0.1) is 0 Å². The molecular formula is C13H20N2O4. The SMILES string of the molecule is O=C(O)C1CCC1C(=O)NCC(=O)N1CCCCC1. The summed E-state index contributed by atoms with van der Waals surface area (Å²) >= 11 is 0. The van der Waals surface area contributed by atoms with E-state index in [9.17, 15) is 14.4 Å². The van der Waals surface area contributed by atoms with Crippen molar-refractivity contribution in [1.82, 2.24) is 10.2 Å². The summed E-state index contributed by atoms with van der Waals surface area (Å²) in [4.78, 5) is 36.2. The van der Waals surface area contributed by atoms with Crippen LogP contribution in [0.3, 0.4) is 0 Å². The number of hydrogen-bond acceptors (Lipinski definition) is 3. The highest BCUT2D eigenvalue weighted by atomic mass is 16.4. The highest BCUT2D eigenvalue weighted by molar-refractivity contribution is 5.89. The van der Waals surface area contributed by atoms with Crippen molar-refractivity contribution in [3.05, 3.63) is 0 Å². The van der Waals surface area contributed by atoms with Crippen LogP contribution in [0.5, 0.6) is 0 Å². The van der Waals surface area contributed by atoms with E-state index in [1.54, 1.807) is 4.90 Å². The molecule has 2 amide bonds. The number of carboxylic acid groups (broad SMARTS) is 1. The number of rotatable bonds is 4. The molecular weight excluding hydrogens is 248 g/mol. The third-order valence-corrected chi connectivity index (χ3v) is 4.05. The third kappa shape index (κ3) is 3.24. The predicted molar refractivity (Wildman–Crippen MR) is 67.3 cm³/mol. The van der Waals surface area contributed by atoms with Crippen LogP contribution in [0, 0.1) is 11.8 Å². The largest absolute Gasteiger partial charge is 0.481 e. The van der Waals surface area contributed by atoms with Crippen LogP contribution in [-0.2, 0) is 14.4 Å². The van der Waals surface area contributed by atoms with Gasteiger partial charge in [0.1, 0.15) is 0 Å². The highest BCUT2D eigenvalue weighted by Gasteiger charge is 2.41. The Balaban J connectivity index is 1.74. The minimum Gasteiger partial charge on any atom is -0.481 e. The van der Waals surface area contributed by atoms with Crippen LogP contribution in [-0.4, -0.2) is 47.4 Å². The summed E-state index contributed by atoms with van der Waals surface area (Å²) in [6, 6.07) is 0. The maximum atomic E-state index is 11.8. The lowest BCUT2D eigenvalue weighted by Gasteiger charge is -2.32. The minimum atomic E-state index is -0.922. The summed E-state index contributed by atoms with van der Waals surface area (Å²) in [5, 5.41) is 11.5. The van der Waals surface area contributed by atoms with Crippen LogP contribution < -0.4 is 5.32 Å². The first-order valence-corrected chi connectivity index (χ1v) is 6.88. The molecule has 1 saturated heterocycles. The Kier molecular flexibility index (Phi) is 4.39. The molecule has 1 aliphatic heterocycles. The quantitative estimate of drug-likeness (QED) is 0.764. The van der Waals surface area contributed by atoms with Crippen LogP contribution in [0.2, 0.25) is 0 Å². The number of carbonyl (C=O) groups excluding carboxylic acids is 2. The van der Waals surface area contributed by atoms with Gasteiger partial charge in [-0.3, -0.25) is 14.4 Å². The number of nitrogens with zero attached hydrogens (tertiary/aromatic N) is 1. The van der Waals surface area contributed by atoms with E-state index in [4.69, 9.17) is 5.11 Å². The first-order chi connectivity index (χ1) is 9.09. The van der Waals surface area contributed by atoms with Crippen molar-refractivity contribution in [1.29, 1.82) is 0 Å². The first kappa shape index (κ1) is 13.8. The van der Waals surface area contributed by atoms with E-state index in [-0.39, 0.29) is 18.4 Å². The molecule has 0 aromatic heterocycles. The number of aliphatic carboxylic acids is 1. The van der Waals surface area contributed by atoms with Gasteiger partial charge in [-0.1, -0.05) is 0 Å². The van der Waals surface area contributed by atoms with Gasteiger partial charge in [0.25, 0.3) is 0 Å². The second-order valence-corrected chi connectivity index (χ2v) is 5.29. The lowest BCUT2D eigenvalue weighted by Crippen LogP contribution is -2.48. The molecule has 19 heavy (non-hydrogen) atoms. The number of piperidine rings is 1. The van der Waals surface area contributed by atoms with Gasteiger partial charge in [0.2, 0.25) is 11.8 Å². The molecule has 2 aliphatic rings. The van der Waals surface area contributed by atoms with Gasteiger partial charge in [-0.25, -0.2) is 0 Å². The van der Waals surface area contributed by atoms with Gasteiger partial charge in [0.05, 0.1) is 18.4 Å². The Hall–Kier alpha value is -1.59. The zero-order chi connectivity index (χ0) is 13.8. The average molecular weight is 268 g/mol. The standard InChI is InChI=1S/C13H20N2O4/c16-11(15-6-2-1-3-7-15)8-14-12(17)9-4-5-10(9)13(18)19/h9-10H,1-8H2,(H,14,17)(H,18,19). The Morgan fingerprint density at radius 3 is 2.21 bits per heavy atom. The summed E-state index contributed by atoms with van der Waals surface area (Å²) in [6.07, 6.45) is 4.33. The Bertz CT molecular complexity index is 377. The molecule has 1 saturated carbocycles. The molecule has 0 aromatic carbocycles. The van der Waals surface area contributed by atoms with Crippen LogP contribution >= 0.6 is 0 Å². The maximum Gasteiger partial charge on any atom is 0.307 e. The van der Waals surface area contributed by atoms with E-state index in [0.717, 1.165) is 32.4 Å². The van der Waals surface area contributed by atoms with Crippen LogP contribution in [0.4, 0.5) is 0 Å². The predicted octanol–water partition coefficient (Wildman–Crippen LogP) is 0.226. The summed E-state index contributed by atoms with van der Waals surface area (Å²) < 4.78 is 0. The number of likely N-dealkylation sites (tertiary alicyclic amines) is 1. The molecule has 2 atom stereocenters. The first-order valence-electron chi connectivity index (χ1n) is 6.88. The molecule has 2 unspecified atom stereocenters. The molecule has 0 spiro atoms. The highest BCUT2D eigenvalue weighted by Crippen LogP contribution is 2.34. The Morgan fingerprint density at radius 2 is 1.68 bits per heavy atom. The minimum absolute atomic E-state index is 0.0122. The molecule has 0 bridgehead atoms. The summed E-state index contributed by atoms with van der Waals surface area (Å²) in [7, 11) is 0. The van der Waals surface area contributed by atoms with Crippen molar-refractivity contribution in [3.8, 4) is 0 Å². The molecule has 6 heteroatoms. The number of carbonyl (C=O) groups is 3. The van der Waals surface area contributed by atoms with Gasteiger partial charge < -0.3 is 15.3 Å². The summed E-state index contributed by atoms with van der Waals surface area (Å²) in [5.74, 6) is -2.34. The van der Waals surface area contributed by atoms with E-state index in [2.05, 4.69) is 5.32 Å². The van der Waals surface area contributed by atoms with Gasteiger partial charge >= 0.3 is 5.97 Å². The van der Waals surface area contributed by atoms with E-state index in [0.29, 0.717) is 12.8 Å². The normalized spacial score (nSPS) is 26.4. The monoisotopic (exact) mass is 268 g/mol. The van der Waals surface area contributed by atoms with Crippen molar-refractivity contribution in [2.45, 2.75) is 32.1 Å². The molecule has 2 fully saturated rings. The van der Waals surface area contributed by atoms with Crippen molar-refractivity contribution >= 4 is 17.8 Å². The van der Waals surface area contributed by atoms with Crippen molar-refractivity contribution in [2.75, 3.05) is 19.6 Å². The van der Waals surface area contributed by atoms with Gasteiger partial charge in [0.15, 0.2) is 0 Å². The topological polar surface area (TPSA) is 86.7 Å². The van der Waals surface area contributed by atoms with Crippen LogP contribution in [0.1, 0.15) is 32.1 Å². The summed E-state index contributed by atoms with van der Waals surface area (Å²) in [5.41, 5.74) is 0. The van der Waals surface area contributed by atoms with Crippen molar-refractivity contribution in [3.63, 3.8) is 0 Å². The van der Waals surface area contributed by atoms with Crippen LogP contribution in [0.15, 0.2) is 0 Å². The third-order valence-electron chi connectivity index (χ3n) is 4.05. The zero-order valence-corrected chi connectivity index (χ0v) is 10.9. The van der Waals surface area contributed by atoms with Crippen molar-refractivity contribution in [2.24, 2.45) is 11.8 Å². The maximum absolute atomic E-state index is 11.8. The number of nitrogens with one attached hydrogen (secondary N) is 1. The molecule has 0 aromatic rings. The summed E-state index contributed by atoms with van der Waals surface area (Å²) in [6.45, 7) is 1.51. The fourth-order valence-corrected chi connectivity index (χ4v) is 2.66. The molecule has 0 radical (unpaired) electrons. The Labute approximate surface area is 112 Å². The molecule has 1 aliphatic carbocycles. The van der Waals surface area contributed by atoms with Gasteiger partial charge in [-0.2, -0.15) is 0 Å². The van der Waals surface area contributed by atoms with Crippen molar-refractivity contribution < 1.29 is 19.5 Å². The molecule has 1 heterocycles. The Morgan fingerprint density at radius 1 is 1.05 bits per heavy atom. The second-order valence-electron chi connectivity index (χ2n) is 5.29. The van der Waals surface area contributed by atoms with Gasteiger partial charge in [-0.05, 0) is 32.1 Å². The lowest BCUT2D eigenvalue weighted by atomic mass is 9.73. The van der Waals surface area contributed by atoms with Gasteiger partial charge in [0, 0.05) is 13.1 Å². The number of carboxylic acids is 1. The fourth-order valence-electron chi connectivity index (χ4n) is 2.66. The molecule has 2 N–H and O–H groups in total. The second kappa shape index (κ2) is 6.04. The average Bonchev–Trinajstić information content (AvgIpc) is 2.35. The molecule has 2 rings (SSSR count). The van der Waals surface area contributed by atoms with E-state index in [1.165, 1.54) is 0 Å². The van der Waals surface area contributed by atoms with E-state index < -0.39 is 17.8 Å². The van der Waals surface area contributed by atoms with Crippen LogP contribution in [0.25, 0.3) is 0 Å². The van der Waals surface area contributed by atoms with E-state index >= 15 is 0 Å². The fraction of sp³-hybridized carbons (Fsp3) is 0.769. The molecule has 106 valence electrons. The van der Waals surface area contributed by atoms with E-state index in [1.807, 2.05) is 0 Å². The lowest BCUT2D eigenvalue weighted by molar-refractivity contribution is -0.152. The zero-order valence-electron chi connectivity index (χ0n) is 10.9. The molecule has 6 nitrogen and oxygen atoms in total.